The van der Waals surface area contributed by atoms with Gasteiger partial charge in [0, 0.05) is 18.3 Å². The minimum Gasteiger partial charge on any atom is -0.324 e. The summed E-state index contributed by atoms with van der Waals surface area (Å²) in [5, 5.41) is 16.0. The van der Waals surface area contributed by atoms with Crippen LogP contribution >= 0.6 is 0 Å². The highest BCUT2D eigenvalue weighted by Crippen LogP contribution is 2.28. The molecule has 6 nitrogen and oxygen atoms in total. The molecule has 2 aromatic carbocycles. The molecular formula is C22H25N5O. The lowest BCUT2D eigenvalue weighted by atomic mass is 10.1. The van der Waals surface area contributed by atoms with Crippen LogP contribution in [-0.4, -0.2) is 15.7 Å². The number of aromatic nitrogens is 2. The second kappa shape index (κ2) is 8.17. The zero-order valence-electron chi connectivity index (χ0n) is 16.9. The lowest BCUT2D eigenvalue weighted by molar-refractivity contribution is -0.115. The summed E-state index contributed by atoms with van der Waals surface area (Å²) in [6.07, 6.45) is 0.272. The molecule has 0 fully saturated rings. The third-order valence-corrected chi connectivity index (χ3v) is 4.73. The Hall–Kier alpha value is -3.28. The van der Waals surface area contributed by atoms with Gasteiger partial charge in [0.25, 0.3) is 0 Å². The van der Waals surface area contributed by atoms with Crippen molar-refractivity contribution < 1.29 is 4.79 Å². The molecule has 0 aliphatic heterocycles. The summed E-state index contributed by atoms with van der Waals surface area (Å²) in [5.41, 5.74) is 7.09. The Kier molecular flexibility index (Phi) is 5.68. The molecule has 144 valence electrons. The van der Waals surface area contributed by atoms with Crippen molar-refractivity contribution >= 4 is 23.0 Å². The highest BCUT2D eigenvalue weighted by molar-refractivity contribution is 5.95. The van der Waals surface area contributed by atoms with E-state index in [0.29, 0.717) is 11.4 Å². The molecular weight excluding hydrogens is 350 g/mol. The minimum absolute atomic E-state index is 0.102. The first-order chi connectivity index (χ1) is 13.3. The van der Waals surface area contributed by atoms with Crippen molar-refractivity contribution in [3.63, 3.8) is 0 Å². The van der Waals surface area contributed by atoms with E-state index in [2.05, 4.69) is 20.6 Å². The normalized spacial score (nSPS) is 11.2. The van der Waals surface area contributed by atoms with Gasteiger partial charge in [0.2, 0.25) is 5.91 Å². The molecule has 0 bridgehead atoms. The molecule has 0 spiro atoms. The molecule has 3 aromatic rings. The van der Waals surface area contributed by atoms with Crippen LogP contribution < -0.4 is 5.32 Å². The lowest BCUT2D eigenvalue weighted by Gasteiger charge is -2.09. The Balaban J connectivity index is 1.80. The second-order valence-electron chi connectivity index (χ2n) is 7.05. The second-order valence-corrected chi connectivity index (χ2v) is 7.05. The van der Waals surface area contributed by atoms with Crippen molar-refractivity contribution in [2.45, 2.75) is 34.1 Å². The molecule has 1 heterocycles. The standard InChI is InChI=1S/C22H25N5O/c1-14-6-9-18(10-7-14)24-25-21-12-15(2)8-11-20(21)23-22(28)13-19-16(3)26-27(5)17(19)4/h6-12H,13H2,1-5H3,(H,23,28). The molecule has 1 aromatic heterocycles. The molecule has 0 aliphatic carbocycles. The summed E-state index contributed by atoms with van der Waals surface area (Å²) >= 11 is 0. The molecule has 0 aliphatic rings. The van der Waals surface area contributed by atoms with E-state index < -0.39 is 0 Å². The van der Waals surface area contributed by atoms with E-state index in [9.17, 15) is 4.79 Å². The third-order valence-electron chi connectivity index (χ3n) is 4.73. The van der Waals surface area contributed by atoms with Gasteiger partial charge in [0.1, 0.15) is 5.69 Å². The van der Waals surface area contributed by atoms with Gasteiger partial charge in [0.05, 0.1) is 23.5 Å². The topological polar surface area (TPSA) is 71.6 Å². The predicted molar refractivity (Wildman–Crippen MR) is 112 cm³/mol. The van der Waals surface area contributed by atoms with Gasteiger partial charge in [-0.05, 0) is 57.5 Å². The summed E-state index contributed by atoms with van der Waals surface area (Å²) in [7, 11) is 1.88. The number of hydrogen-bond donors (Lipinski definition) is 1. The molecule has 6 heteroatoms. The molecule has 0 atom stereocenters. The highest BCUT2D eigenvalue weighted by Gasteiger charge is 2.14. The summed E-state index contributed by atoms with van der Waals surface area (Å²) in [4.78, 5) is 12.6. The number of benzene rings is 2. The fraction of sp³-hybridized carbons (Fsp3) is 0.273. The number of nitrogens with one attached hydrogen (secondary N) is 1. The molecule has 0 saturated heterocycles. The number of azo groups is 1. The van der Waals surface area contributed by atoms with Crippen molar-refractivity contribution in [1.29, 1.82) is 0 Å². The number of aryl methyl sites for hydroxylation is 4. The zero-order chi connectivity index (χ0) is 20.3. The van der Waals surface area contributed by atoms with Gasteiger partial charge in [-0.15, -0.1) is 5.11 Å². The van der Waals surface area contributed by atoms with Crippen LogP contribution in [0.25, 0.3) is 0 Å². The summed E-state index contributed by atoms with van der Waals surface area (Å²) in [6, 6.07) is 13.5. The lowest BCUT2D eigenvalue weighted by Crippen LogP contribution is -2.15. The fourth-order valence-corrected chi connectivity index (χ4v) is 2.98. The van der Waals surface area contributed by atoms with Gasteiger partial charge < -0.3 is 5.32 Å². The number of hydrogen-bond acceptors (Lipinski definition) is 4. The van der Waals surface area contributed by atoms with Gasteiger partial charge in [-0.25, -0.2) is 0 Å². The molecule has 1 N–H and O–H groups in total. The molecule has 0 saturated carbocycles. The smallest absolute Gasteiger partial charge is 0.228 e. The maximum atomic E-state index is 12.6. The predicted octanol–water partition coefficient (Wildman–Crippen LogP) is 5.25. The number of nitrogens with zero attached hydrogens (tertiary/aromatic N) is 4. The van der Waals surface area contributed by atoms with Crippen LogP contribution in [0, 0.1) is 27.7 Å². The maximum Gasteiger partial charge on any atom is 0.228 e. The van der Waals surface area contributed by atoms with Gasteiger partial charge >= 0.3 is 0 Å². The van der Waals surface area contributed by atoms with Crippen molar-refractivity contribution in [2.75, 3.05) is 5.32 Å². The molecule has 3 rings (SSSR count). The number of carbonyl (C=O) groups excluding carboxylic acids is 1. The Bertz CT molecular complexity index is 1030. The van der Waals surface area contributed by atoms with Crippen LogP contribution in [0.3, 0.4) is 0 Å². The summed E-state index contributed by atoms with van der Waals surface area (Å²) < 4.78 is 1.80. The van der Waals surface area contributed by atoms with E-state index in [1.165, 1.54) is 5.56 Å². The average Bonchev–Trinajstić information content (AvgIpc) is 2.89. The Morgan fingerprint density at radius 1 is 1.00 bits per heavy atom. The van der Waals surface area contributed by atoms with Crippen molar-refractivity contribution in [3.8, 4) is 0 Å². The largest absolute Gasteiger partial charge is 0.324 e. The molecule has 28 heavy (non-hydrogen) atoms. The quantitative estimate of drug-likeness (QED) is 0.619. The van der Waals surface area contributed by atoms with Crippen LogP contribution in [0.2, 0.25) is 0 Å². The molecule has 1 amide bonds. The van der Waals surface area contributed by atoms with Crippen LogP contribution in [0.5, 0.6) is 0 Å². The number of amides is 1. The number of carbonyl (C=O) groups is 1. The fourth-order valence-electron chi connectivity index (χ4n) is 2.98. The van der Waals surface area contributed by atoms with Gasteiger partial charge in [0.15, 0.2) is 0 Å². The van der Waals surface area contributed by atoms with Gasteiger partial charge in [-0.3, -0.25) is 9.48 Å². The zero-order valence-corrected chi connectivity index (χ0v) is 16.9. The summed E-state index contributed by atoms with van der Waals surface area (Å²) in [6.45, 7) is 7.90. The first-order valence-electron chi connectivity index (χ1n) is 9.21. The van der Waals surface area contributed by atoms with E-state index in [-0.39, 0.29) is 12.3 Å². The van der Waals surface area contributed by atoms with Gasteiger partial charge in [-0.1, -0.05) is 23.8 Å². The van der Waals surface area contributed by atoms with Crippen LogP contribution in [0.4, 0.5) is 17.1 Å². The van der Waals surface area contributed by atoms with Crippen molar-refractivity contribution in [2.24, 2.45) is 17.3 Å². The minimum atomic E-state index is -0.102. The average molecular weight is 375 g/mol. The van der Waals surface area contributed by atoms with E-state index >= 15 is 0 Å². The highest BCUT2D eigenvalue weighted by atomic mass is 16.1. The van der Waals surface area contributed by atoms with Crippen molar-refractivity contribution in [1.82, 2.24) is 9.78 Å². The van der Waals surface area contributed by atoms with Gasteiger partial charge in [-0.2, -0.15) is 10.2 Å². The third kappa shape index (κ3) is 4.52. The molecule has 0 radical (unpaired) electrons. The first-order valence-corrected chi connectivity index (χ1v) is 9.21. The van der Waals surface area contributed by atoms with Crippen LogP contribution in [0.15, 0.2) is 52.7 Å². The monoisotopic (exact) mass is 375 g/mol. The Labute approximate surface area is 165 Å². The van der Waals surface area contributed by atoms with E-state index in [1.807, 2.05) is 77.2 Å². The molecule has 0 unspecified atom stereocenters. The Morgan fingerprint density at radius 3 is 2.32 bits per heavy atom. The van der Waals surface area contributed by atoms with Crippen LogP contribution in [-0.2, 0) is 18.3 Å². The first kappa shape index (κ1) is 19.5. The van der Waals surface area contributed by atoms with Crippen LogP contribution in [0.1, 0.15) is 28.1 Å². The van der Waals surface area contributed by atoms with E-state index in [4.69, 9.17) is 0 Å². The maximum absolute atomic E-state index is 12.6. The Morgan fingerprint density at radius 2 is 1.68 bits per heavy atom. The van der Waals surface area contributed by atoms with E-state index in [0.717, 1.165) is 28.2 Å². The summed E-state index contributed by atoms with van der Waals surface area (Å²) in [5.74, 6) is -0.102. The van der Waals surface area contributed by atoms with Crippen molar-refractivity contribution in [3.05, 3.63) is 70.5 Å². The number of rotatable bonds is 5. The number of anilines is 1. The van der Waals surface area contributed by atoms with E-state index in [1.54, 1.807) is 4.68 Å². The SMILES string of the molecule is Cc1ccc(N=Nc2cc(C)ccc2NC(=O)Cc2c(C)nn(C)c2C)cc1.